The molecular formula is C27H34FN3O4. The molecule has 2 amide bonds. The van der Waals surface area contributed by atoms with Crippen molar-refractivity contribution in [1.29, 1.82) is 0 Å². The van der Waals surface area contributed by atoms with E-state index in [4.69, 9.17) is 0 Å². The molecule has 1 aliphatic carbocycles. The van der Waals surface area contributed by atoms with E-state index >= 15 is 0 Å². The third kappa shape index (κ3) is 5.53. The lowest BCUT2D eigenvalue weighted by atomic mass is 9.74. The zero-order valence-corrected chi connectivity index (χ0v) is 21.2. The second-order valence-electron chi connectivity index (χ2n) is 10.1. The van der Waals surface area contributed by atoms with Gasteiger partial charge < -0.3 is 20.3 Å². The van der Waals surface area contributed by atoms with Gasteiger partial charge in [0, 0.05) is 24.5 Å². The van der Waals surface area contributed by atoms with Crippen LogP contribution in [0.5, 0.6) is 0 Å². The number of nitrogens with zero attached hydrogens (tertiary/aromatic N) is 1. The summed E-state index contributed by atoms with van der Waals surface area (Å²) in [5.74, 6) is -2.36. The predicted molar refractivity (Wildman–Crippen MR) is 133 cm³/mol. The van der Waals surface area contributed by atoms with Crippen LogP contribution in [0.15, 0.2) is 30.4 Å². The molecule has 1 unspecified atom stereocenters. The van der Waals surface area contributed by atoms with E-state index < -0.39 is 23.2 Å². The standard InChI is InChI=1S/C27H34FN3O4/c1-14-10-19(13-27(6,35)12-14)17(4)29-26(34)24(32)23-16(3)22(18(5)31(23)7)25(33)30-20-8-9-21(28)15(2)11-20/h8-9,11,17,19,35H,1,10,12-13H2,2-7H3,(H,29,34)(H,30,33)/t17-,19?,27+/m0/s1. The zero-order chi connectivity index (χ0) is 26.2. The molecule has 2 aromatic rings. The van der Waals surface area contributed by atoms with E-state index in [1.807, 2.05) is 6.92 Å². The van der Waals surface area contributed by atoms with Gasteiger partial charge in [-0.15, -0.1) is 0 Å². The smallest absolute Gasteiger partial charge is 0.294 e. The third-order valence-electron chi connectivity index (χ3n) is 6.94. The average molecular weight is 484 g/mol. The van der Waals surface area contributed by atoms with Gasteiger partial charge in [-0.05, 0) is 89.1 Å². The van der Waals surface area contributed by atoms with E-state index in [2.05, 4.69) is 17.2 Å². The van der Waals surface area contributed by atoms with Crippen molar-refractivity contribution in [3.05, 3.63) is 64.2 Å². The Hall–Kier alpha value is -3.26. The summed E-state index contributed by atoms with van der Waals surface area (Å²) in [5, 5.41) is 16.0. The molecule has 1 fully saturated rings. The van der Waals surface area contributed by atoms with E-state index in [1.165, 1.54) is 18.2 Å². The number of benzene rings is 1. The normalized spacial score (nSPS) is 20.9. The summed E-state index contributed by atoms with van der Waals surface area (Å²) in [4.78, 5) is 39.1. The first-order valence-corrected chi connectivity index (χ1v) is 11.7. The Morgan fingerprint density at radius 1 is 1.26 bits per heavy atom. The fourth-order valence-electron chi connectivity index (χ4n) is 5.09. The maximum atomic E-state index is 13.6. The van der Waals surface area contributed by atoms with Crippen molar-refractivity contribution >= 4 is 23.3 Å². The van der Waals surface area contributed by atoms with Gasteiger partial charge in [-0.2, -0.15) is 0 Å². The molecule has 0 bridgehead atoms. The molecule has 0 saturated heterocycles. The van der Waals surface area contributed by atoms with Crippen LogP contribution in [0.2, 0.25) is 0 Å². The fourth-order valence-corrected chi connectivity index (χ4v) is 5.09. The number of aromatic nitrogens is 1. The lowest BCUT2D eigenvalue weighted by Crippen LogP contribution is -2.46. The van der Waals surface area contributed by atoms with Crippen LogP contribution in [-0.2, 0) is 11.8 Å². The van der Waals surface area contributed by atoms with Crippen molar-refractivity contribution in [1.82, 2.24) is 9.88 Å². The van der Waals surface area contributed by atoms with E-state index in [-0.39, 0.29) is 23.5 Å². The molecule has 1 heterocycles. The first-order chi connectivity index (χ1) is 16.2. The van der Waals surface area contributed by atoms with Crippen LogP contribution in [-0.4, -0.2) is 38.9 Å². The van der Waals surface area contributed by atoms with Crippen LogP contribution < -0.4 is 10.6 Å². The summed E-state index contributed by atoms with van der Waals surface area (Å²) < 4.78 is 15.1. The Morgan fingerprint density at radius 2 is 1.91 bits per heavy atom. The molecule has 1 aliphatic rings. The van der Waals surface area contributed by atoms with Crippen LogP contribution in [0.3, 0.4) is 0 Å². The summed E-state index contributed by atoms with van der Waals surface area (Å²) in [6.45, 7) is 12.5. The summed E-state index contributed by atoms with van der Waals surface area (Å²) >= 11 is 0. The van der Waals surface area contributed by atoms with E-state index in [0.29, 0.717) is 47.3 Å². The molecule has 1 aromatic carbocycles. The maximum Gasteiger partial charge on any atom is 0.294 e. The summed E-state index contributed by atoms with van der Waals surface area (Å²) in [6.07, 6.45) is 1.69. The Kier molecular flexibility index (Phi) is 7.36. The Labute approximate surface area is 205 Å². The van der Waals surface area contributed by atoms with Crippen LogP contribution >= 0.6 is 0 Å². The van der Waals surface area contributed by atoms with Gasteiger partial charge in [0.2, 0.25) is 0 Å². The third-order valence-corrected chi connectivity index (χ3v) is 6.94. The first kappa shape index (κ1) is 26.3. The molecule has 188 valence electrons. The number of nitrogens with one attached hydrogen (secondary N) is 2. The molecule has 3 rings (SSSR count). The molecule has 0 spiro atoms. The van der Waals surface area contributed by atoms with Crippen molar-refractivity contribution in [2.75, 3.05) is 5.32 Å². The topological polar surface area (TPSA) is 100 Å². The van der Waals surface area contributed by atoms with Gasteiger partial charge in [-0.1, -0.05) is 12.2 Å². The molecule has 3 atom stereocenters. The monoisotopic (exact) mass is 483 g/mol. The van der Waals surface area contributed by atoms with Gasteiger partial charge in [0.25, 0.3) is 17.6 Å². The zero-order valence-electron chi connectivity index (χ0n) is 21.2. The molecule has 0 radical (unpaired) electrons. The number of carbonyl (C=O) groups is 3. The SMILES string of the molecule is C=C1CC([C@H](C)NC(=O)C(=O)c2c(C)c(C(=O)Nc3ccc(F)c(C)c3)c(C)n2C)C[C@](C)(O)C1. The lowest BCUT2D eigenvalue weighted by Gasteiger charge is -2.38. The molecule has 1 aromatic heterocycles. The summed E-state index contributed by atoms with van der Waals surface area (Å²) in [5.41, 5.74) is 2.20. The number of aryl methyl sites for hydroxylation is 1. The van der Waals surface area contributed by atoms with Crippen LogP contribution in [0.4, 0.5) is 10.1 Å². The highest BCUT2D eigenvalue weighted by atomic mass is 19.1. The minimum absolute atomic E-state index is 0.0419. The highest BCUT2D eigenvalue weighted by Crippen LogP contribution is 2.36. The van der Waals surface area contributed by atoms with Crippen molar-refractivity contribution in [3.63, 3.8) is 0 Å². The summed E-state index contributed by atoms with van der Waals surface area (Å²) in [7, 11) is 1.63. The molecule has 3 N–H and O–H groups in total. The fraction of sp³-hybridized carbons (Fsp3) is 0.444. The second-order valence-corrected chi connectivity index (χ2v) is 10.1. The molecule has 7 nitrogen and oxygen atoms in total. The lowest BCUT2D eigenvalue weighted by molar-refractivity contribution is -0.118. The van der Waals surface area contributed by atoms with E-state index in [0.717, 1.165) is 5.57 Å². The second kappa shape index (κ2) is 9.77. The molecule has 0 aliphatic heterocycles. The number of amides is 2. The van der Waals surface area contributed by atoms with Gasteiger partial charge in [-0.3, -0.25) is 14.4 Å². The van der Waals surface area contributed by atoms with Crippen LogP contribution in [0.1, 0.15) is 70.8 Å². The number of hydrogen-bond acceptors (Lipinski definition) is 4. The minimum Gasteiger partial charge on any atom is -0.390 e. The van der Waals surface area contributed by atoms with E-state index in [9.17, 15) is 23.9 Å². The predicted octanol–water partition coefficient (Wildman–Crippen LogP) is 4.14. The quantitative estimate of drug-likeness (QED) is 0.327. The van der Waals surface area contributed by atoms with Gasteiger partial charge in [0.05, 0.1) is 16.9 Å². The highest BCUT2D eigenvalue weighted by molar-refractivity contribution is 6.43. The molecular weight excluding hydrogens is 449 g/mol. The molecule has 8 heteroatoms. The Bertz CT molecular complexity index is 1210. The number of rotatable bonds is 6. The van der Waals surface area contributed by atoms with Crippen molar-refractivity contribution < 1.29 is 23.9 Å². The number of hydrogen-bond donors (Lipinski definition) is 3. The van der Waals surface area contributed by atoms with Gasteiger partial charge in [0.1, 0.15) is 5.82 Å². The number of carbonyl (C=O) groups excluding carboxylic acids is 3. The minimum atomic E-state index is -0.889. The van der Waals surface area contributed by atoms with Gasteiger partial charge >= 0.3 is 0 Å². The number of anilines is 1. The van der Waals surface area contributed by atoms with Crippen LogP contribution in [0, 0.1) is 32.5 Å². The maximum absolute atomic E-state index is 13.6. The first-order valence-electron chi connectivity index (χ1n) is 11.7. The number of ketones is 1. The van der Waals surface area contributed by atoms with Gasteiger partial charge in [-0.25, -0.2) is 4.39 Å². The Morgan fingerprint density at radius 3 is 2.51 bits per heavy atom. The summed E-state index contributed by atoms with van der Waals surface area (Å²) in [6, 6.07) is 3.92. The molecule has 1 saturated carbocycles. The van der Waals surface area contributed by atoms with Crippen molar-refractivity contribution in [3.8, 4) is 0 Å². The number of aliphatic hydroxyl groups is 1. The van der Waals surface area contributed by atoms with Crippen molar-refractivity contribution in [2.45, 2.75) is 65.5 Å². The highest BCUT2D eigenvalue weighted by Gasteiger charge is 2.36. The number of halogens is 1. The Balaban J connectivity index is 1.79. The number of Topliss-reactive ketones (excluding diaryl/α,β-unsaturated/α-hetero) is 1. The largest absolute Gasteiger partial charge is 0.390 e. The average Bonchev–Trinajstić information content (AvgIpc) is 2.96. The van der Waals surface area contributed by atoms with Crippen LogP contribution in [0.25, 0.3) is 0 Å². The van der Waals surface area contributed by atoms with E-state index in [1.54, 1.807) is 39.3 Å². The van der Waals surface area contributed by atoms with Gasteiger partial charge in [0.15, 0.2) is 0 Å². The molecule has 35 heavy (non-hydrogen) atoms. The van der Waals surface area contributed by atoms with Crippen molar-refractivity contribution in [2.24, 2.45) is 13.0 Å².